The molecular formula is C10H14O2. The Kier molecular flexibility index (Phi) is 5.70. The number of carbonyl (C=O) groups is 1. The Morgan fingerprint density at radius 2 is 2.25 bits per heavy atom. The van der Waals surface area contributed by atoms with Gasteiger partial charge < -0.3 is 4.74 Å². The zero-order chi connectivity index (χ0) is 9.40. The second-order valence-electron chi connectivity index (χ2n) is 2.31. The Morgan fingerprint density at radius 1 is 1.58 bits per heavy atom. The number of ether oxygens (including phenoxy) is 1. The first kappa shape index (κ1) is 10.7. The summed E-state index contributed by atoms with van der Waals surface area (Å²) in [6, 6.07) is 0. The van der Waals surface area contributed by atoms with Gasteiger partial charge in [-0.2, -0.15) is 0 Å². The third-order valence-corrected chi connectivity index (χ3v) is 1.57. The summed E-state index contributed by atoms with van der Waals surface area (Å²) in [6.07, 6.45) is 5.47. The van der Waals surface area contributed by atoms with Gasteiger partial charge in [-0.3, -0.25) is 4.79 Å². The summed E-state index contributed by atoms with van der Waals surface area (Å²) in [7, 11) is 0. The fourth-order valence-electron chi connectivity index (χ4n) is 0.745. The van der Waals surface area contributed by atoms with Crippen molar-refractivity contribution >= 4 is 6.47 Å². The van der Waals surface area contributed by atoms with Gasteiger partial charge in [-0.05, 0) is 25.0 Å². The van der Waals surface area contributed by atoms with Gasteiger partial charge in [0.1, 0.15) is 6.61 Å². The second-order valence-corrected chi connectivity index (χ2v) is 2.31. The smallest absolute Gasteiger partial charge is 0.293 e. The van der Waals surface area contributed by atoms with Crippen LogP contribution in [0.25, 0.3) is 0 Å². The minimum Gasteiger partial charge on any atom is -0.463 e. The highest BCUT2D eigenvalue weighted by atomic mass is 16.5. The lowest BCUT2D eigenvalue weighted by atomic mass is 10.1. The van der Waals surface area contributed by atoms with Crippen LogP contribution in [0.4, 0.5) is 0 Å². The first-order valence-corrected chi connectivity index (χ1v) is 3.76. The first-order valence-electron chi connectivity index (χ1n) is 3.76. The Labute approximate surface area is 73.2 Å². The van der Waals surface area contributed by atoms with Crippen molar-refractivity contribution < 1.29 is 9.53 Å². The van der Waals surface area contributed by atoms with Crippen LogP contribution in [0, 0.1) is 0 Å². The highest BCUT2D eigenvalue weighted by Gasteiger charge is 1.97. The summed E-state index contributed by atoms with van der Waals surface area (Å²) in [6.45, 7) is 8.23. The topological polar surface area (TPSA) is 26.3 Å². The maximum atomic E-state index is 9.93. The van der Waals surface area contributed by atoms with E-state index in [2.05, 4.69) is 11.3 Å². The van der Waals surface area contributed by atoms with Gasteiger partial charge in [-0.1, -0.05) is 24.8 Å². The van der Waals surface area contributed by atoms with Crippen LogP contribution in [-0.2, 0) is 9.53 Å². The molecule has 0 aliphatic heterocycles. The predicted molar refractivity (Wildman–Crippen MR) is 49.7 cm³/mol. The highest BCUT2D eigenvalue weighted by Crippen LogP contribution is 2.08. The van der Waals surface area contributed by atoms with E-state index >= 15 is 0 Å². The van der Waals surface area contributed by atoms with E-state index in [9.17, 15) is 4.79 Å². The molecule has 0 heterocycles. The van der Waals surface area contributed by atoms with E-state index in [0.717, 1.165) is 11.1 Å². The fourth-order valence-corrected chi connectivity index (χ4v) is 0.745. The number of hydrogen-bond donors (Lipinski definition) is 0. The molecule has 0 aliphatic rings. The average Bonchev–Trinajstić information content (AvgIpc) is 2.11. The molecule has 0 saturated heterocycles. The molecule has 0 N–H and O–H groups in total. The van der Waals surface area contributed by atoms with Crippen LogP contribution in [0.2, 0.25) is 0 Å². The standard InChI is InChI=1S/C10H14O2/c1-4-6-10(7-12-8-11)9(3)5-2/h4-6,8H,1,7H2,2-3H3/b9-5-,10-6-. The molecule has 2 heteroatoms. The van der Waals surface area contributed by atoms with Crippen LogP contribution in [0.1, 0.15) is 13.8 Å². The minimum absolute atomic E-state index is 0.311. The third kappa shape index (κ3) is 3.76. The van der Waals surface area contributed by atoms with E-state index in [1.54, 1.807) is 6.08 Å². The Balaban J connectivity index is 4.33. The van der Waals surface area contributed by atoms with Crippen LogP contribution in [0.15, 0.2) is 36.0 Å². The zero-order valence-electron chi connectivity index (χ0n) is 7.54. The number of hydrogen-bond acceptors (Lipinski definition) is 2. The van der Waals surface area contributed by atoms with E-state index in [0.29, 0.717) is 13.1 Å². The third-order valence-electron chi connectivity index (χ3n) is 1.57. The second kappa shape index (κ2) is 6.40. The predicted octanol–water partition coefficient (Wildman–Crippen LogP) is 2.24. The van der Waals surface area contributed by atoms with Crippen molar-refractivity contribution in [1.29, 1.82) is 0 Å². The molecule has 0 unspecified atom stereocenters. The lowest BCUT2D eigenvalue weighted by Gasteiger charge is -2.04. The van der Waals surface area contributed by atoms with Gasteiger partial charge in [-0.15, -0.1) is 0 Å². The number of allylic oxidation sites excluding steroid dienone is 3. The van der Waals surface area contributed by atoms with Crippen molar-refractivity contribution in [3.63, 3.8) is 0 Å². The van der Waals surface area contributed by atoms with E-state index in [1.165, 1.54) is 0 Å². The molecule has 12 heavy (non-hydrogen) atoms. The van der Waals surface area contributed by atoms with Crippen molar-refractivity contribution in [2.45, 2.75) is 13.8 Å². The molecule has 0 aromatic carbocycles. The molecule has 0 rings (SSSR count). The molecule has 0 amide bonds. The zero-order valence-corrected chi connectivity index (χ0v) is 7.54. The summed E-state index contributed by atoms with van der Waals surface area (Å²) in [5.41, 5.74) is 2.07. The van der Waals surface area contributed by atoms with Crippen molar-refractivity contribution in [1.82, 2.24) is 0 Å². The molecule has 0 aromatic heterocycles. The molecule has 0 bridgehead atoms. The molecule has 0 aromatic rings. The molecule has 0 atom stereocenters. The molecule has 66 valence electrons. The van der Waals surface area contributed by atoms with Crippen molar-refractivity contribution in [3.8, 4) is 0 Å². The molecule has 2 nitrogen and oxygen atoms in total. The number of carbonyl (C=O) groups excluding carboxylic acids is 1. The van der Waals surface area contributed by atoms with Gasteiger partial charge in [0.15, 0.2) is 0 Å². The maximum absolute atomic E-state index is 9.93. The lowest BCUT2D eigenvalue weighted by Crippen LogP contribution is -1.97. The van der Waals surface area contributed by atoms with E-state index in [1.807, 2.05) is 26.0 Å². The molecule has 0 spiro atoms. The quantitative estimate of drug-likeness (QED) is 0.462. The minimum atomic E-state index is 0.311. The Bertz CT molecular complexity index is 212. The van der Waals surface area contributed by atoms with Crippen molar-refractivity contribution in [3.05, 3.63) is 36.0 Å². The van der Waals surface area contributed by atoms with Crippen molar-refractivity contribution in [2.24, 2.45) is 0 Å². The summed E-state index contributed by atoms with van der Waals surface area (Å²) in [5.74, 6) is 0. The molecule has 0 aliphatic carbocycles. The molecule has 0 radical (unpaired) electrons. The Hall–Kier alpha value is -1.31. The van der Waals surface area contributed by atoms with Gasteiger partial charge >= 0.3 is 0 Å². The maximum Gasteiger partial charge on any atom is 0.293 e. The van der Waals surface area contributed by atoms with Crippen LogP contribution in [-0.4, -0.2) is 13.1 Å². The lowest BCUT2D eigenvalue weighted by molar-refractivity contribution is -0.127. The first-order chi connectivity index (χ1) is 5.76. The SMILES string of the molecule is C=C/C=C(COC=O)\C(C)=C/C. The monoisotopic (exact) mass is 166 g/mol. The van der Waals surface area contributed by atoms with E-state index in [-0.39, 0.29) is 0 Å². The molecule has 0 fully saturated rings. The normalized spacial score (nSPS) is 12.5. The van der Waals surface area contributed by atoms with E-state index in [4.69, 9.17) is 0 Å². The Morgan fingerprint density at radius 3 is 2.67 bits per heavy atom. The average molecular weight is 166 g/mol. The largest absolute Gasteiger partial charge is 0.463 e. The van der Waals surface area contributed by atoms with Gasteiger partial charge in [0.2, 0.25) is 0 Å². The van der Waals surface area contributed by atoms with Gasteiger partial charge in [0, 0.05) is 0 Å². The summed E-state index contributed by atoms with van der Waals surface area (Å²) >= 11 is 0. The van der Waals surface area contributed by atoms with Crippen LogP contribution < -0.4 is 0 Å². The van der Waals surface area contributed by atoms with E-state index < -0.39 is 0 Å². The van der Waals surface area contributed by atoms with Gasteiger partial charge in [-0.25, -0.2) is 0 Å². The highest BCUT2D eigenvalue weighted by molar-refractivity contribution is 5.40. The fraction of sp³-hybridized carbons (Fsp3) is 0.300. The van der Waals surface area contributed by atoms with Crippen LogP contribution in [0.5, 0.6) is 0 Å². The number of rotatable bonds is 5. The van der Waals surface area contributed by atoms with Gasteiger partial charge in [0.05, 0.1) is 0 Å². The van der Waals surface area contributed by atoms with Crippen molar-refractivity contribution in [2.75, 3.05) is 6.61 Å². The summed E-state index contributed by atoms with van der Waals surface area (Å²) in [5, 5.41) is 0. The molecule has 0 saturated carbocycles. The molecular weight excluding hydrogens is 152 g/mol. The van der Waals surface area contributed by atoms with Crippen LogP contribution in [0.3, 0.4) is 0 Å². The summed E-state index contributed by atoms with van der Waals surface area (Å²) in [4.78, 5) is 9.93. The van der Waals surface area contributed by atoms with Gasteiger partial charge in [0.25, 0.3) is 6.47 Å². The van der Waals surface area contributed by atoms with Crippen LogP contribution >= 0.6 is 0 Å². The summed E-state index contributed by atoms with van der Waals surface area (Å²) < 4.78 is 4.63.